The predicted octanol–water partition coefficient (Wildman–Crippen LogP) is 2.99. The van der Waals surface area contributed by atoms with Crippen molar-refractivity contribution >= 4 is 0 Å². The lowest BCUT2D eigenvalue weighted by atomic mass is 9.99. The lowest BCUT2D eigenvalue weighted by Crippen LogP contribution is -1.91. The van der Waals surface area contributed by atoms with Gasteiger partial charge < -0.3 is 0 Å². The Hall–Kier alpha value is -1.29. The van der Waals surface area contributed by atoms with Crippen molar-refractivity contribution < 1.29 is 0 Å². The first kappa shape index (κ1) is 9.80. The van der Waals surface area contributed by atoms with Gasteiger partial charge in [-0.25, -0.2) is 0 Å². The average Bonchev–Trinajstić information content (AvgIpc) is 2.19. The first-order valence-corrected chi connectivity index (χ1v) is 4.70. The molecule has 1 nitrogen and oxygen atoms in total. The van der Waals surface area contributed by atoms with Crippen molar-refractivity contribution in [2.45, 2.75) is 32.6 Å². The molecule has 1 atom stereocenters. The molecule has 0 aliphatic carbocycles. The number of rotatable bonds is 2. The molecular weight excluding hydrogens is 158 g/mol. The van der Waals surface area contributed by atoms with E-state index in [1.54, 1.807) is 0 Å². The summed E-state index contributed by atoms with van der Waals surface area (Å²) < 4.78 is 0. The molecule has 0 amide bonds. The minimum absolute atomic E-state index is 0.516. The van der Waals surface area contributed by atoms with Gasteiger partial charge in [0.15, 0.2) is 0 Å². The van der Waals surface area contributed by atoms with Crippen molar-refractivity contribution in [3.8, 4) is 11.8 Å². The Balaban J connectivity index is 2.54. The molecule has 0 aliphatic rings. The second-order valence-corrected chi connectivity index (χ2v) is 3.09. The highest BCUT2D eigenvalue weighted by Crippen LogP contribution is 2.16. The number of hydrogen-bond acceptors (Lipinski definition) is 1. The third-order valence-corrected chi connectivity index (χ3v) is 1.99. The van der Waals surface area contributed by atoms with E-state index < -0.39 is 0 Å². The molecule has 0 saturated heterocycles. The van der Waals surface area contributed by atoms with Crippen LogP contribution in [0.2, 0.25) is 0 Å². The van der Waals surface area contributed by atoms with E-state index in [9.17, 15) is 0 Å². The summed E-state index contributed by atoms with van der Waals surface area (Å²) in [5.41, 5.74) is 1.32. The van der Waals surface area contributed by atoms with Crippen LogP contribution in [0.3, 0.4) is 0 Å². The summed E-state index contributed by atoms with van der Waals surface area (Å²) in [5.74, 6) is 6.76. The van der Waals surface area contributed by atoms with E-state index in [0.717, 1.165) is 12.8 Å². The fraction of sp³-hybridized carbons (Fsp3) is 0.417. The minimum atomic E-state index is 0.516. The van der Waals surface area contributed by atoms with Gasteiger partial charge in [0.05, 0.1) is 0 Å². The molecule has 0 fully saturated rings. The van der Waals surface area contributed by atoms with Crippen LogP contribution in [0, 0.1) is 11.8 Å². The Kier molecular flexibility index (Phi) is 4.05. The molecule has 0 aromatic carbocycles. The van der Waals surface area contributed by atoms with E-state index in [4.69, 9.17) is 0 Å². The summed E-state index contributed by atoms with van der Waals surface area (Å²) >= 11 is 0. The first-order valence-electron chi connectivity index (χ1n) is 4.70. The number of hydrogen-bond donors (Lipinski definition) is 0. The Bertz CT molecular complexity index is 292. The van der Waals surface area contributed by atoms with Gasteiger partial charge in [0.2, 0.25) is 0 Å². The molecule has 0 N–H and O–H groups in total. The zero-order valence-electron chi connectivity index (χ0n) is 8.25. The number of pyridine rings is 1. The predicted molar refractivity (Wildman–Crippen MR) is 55.3 cm³/mol. The van der Waals surface area contributed by atoms with Gasteiger partial charge in [0.1, 0.15) is 0 Å². The molecule has 0 radical (unpaired) electrons. The van der Waals surface area contributed by atoms with Crippen molar-refractivity contribution in [3.63, 3.8) is 0 Å². The number of aromatic nitrogens is 1. The zero-order valence-corrected chi connectivity index (χ0v) is 8.25. The smallest absolute Gasteiger partial charge is 0.0270 e. The monoisotopic (exact) mass is 173 g/mol. The van der Waals surface area contributed by atoms with Gasteiger partial charge in [-0.15, -0.1) is 11.8 Å². The summed E-state index contributed by atoms with van der Waals surface area (Å²) in [5, 5.41) is 0. The summed E-state index contributed by atoms with van der Waals surface area (Å²) in [6.07, 6.45) is 5.55. The summed E-state index contributed by atoms with van der Waals surface area (Å²) in [4.78, 5) is 3.99. The highest BCUT2D eigenvalue weighted by molar-refractivity contribution is 5.17. The van der Waals surface area contributed by atoms with E-state index in [1.807, 2.05) is 12.4 Å². The van der Waals surface area contributed by atoms with Gasteiger partial charge in [-0.3, -0.25) is 4.98 Å². The molecule has 1 rings (SSSR count). The lowest BCUT2D eigenvalue weighted by Gasteiger charge is -2.06. The van der Waals surface area contributed by atoms with Crippen molar-refractivity contribution in [1.29, 1.82) is 0 Å². The Morgan fingerprint density at radius 3 is 2.62 bits per heavy atom. The fourth-order valence-corrected chi connectivity index (χ4v) is 1.16. The second kappa shape index (κ2) is 5.37. The van der Waals surface area contributed by atoms with Crippen LogP contribution in [0.15, 0.2) is 24.5 Å². The highest BCUT2D eigenvalue weighted by atomic mass is 14.6. The third-order valence-electron chi connectivity index (χ3n) is 1.99. The van der Waals surface area contributed by atoms with Crippen LogP contribution in [0.4, 0.5) is 0 Å². The maximum atomic E-state index is 3.99. The van der Waals surface area contributed by atoms with E-state index >= 15 is 0 Å². The van der Waals surface area contributed by atoms with Gasteiger partial charge in [-0.2, -0.15) is 0 Å². The molecule has 1 heterocycles. The highest BCUT2D eigenvalue weighted by Gasteiger charge is 2.01. The largest absolute Gasteiger partial charge is 0.265 e. The van der Waals surface area contributed by atoms with Crippen LogP contribution in [-0.4, -0.2) is 4.98 Å². The standard InChI is InChI=1S/C12H15N/c1-3-4-5-6-11(2)12-7-9-13-10-8-12/h7-11H,3,6H2,1-2H3. The molecule has 1 heteroatoms. The van der Waals surface area contributed by atoms with E-state index in [2.05, 4.69) is 42.8 Å². The summed E-state index contributed by atoms with van der Waals surface area (Å²) in [6, 6.07) is 4.11. The Morgan fingerprint density at radius 1 is 1.31 bits per heavy atom. The van der Waals surface area contributed by atoms with E-state index in [0.29, 0.717) is 5.92 Å². The molecule has 0 bridgehead atoms. The van der Waals surface area contributed by atoms with Crippen molar-refractivity contribution in [2.75, 3.05) is 0 Å². The topological polar surface area (TPSA) is 12.9 Å². The van der Waals surface area contributed by atoms with Crippen LogP contribution in [0.25, 0.3) is 0 Å². The van der Waals surface area contributed by atoms with Gasteiger partial charge in [0, 0.05) is 25.2 Å². The molecule has 13 heavy (non-hydrogen) atoms. The third kappa shape index (κ3) is 3.29. The van der Waals surface area contributed by atoms with Gasteiger partial charge in [-0.1, -0.05) is 13.8 Å². The van der Waals surface area contributed by atoms with Crippen LogP contribution in [0.1, 0.15) is 38.2 Å². The molecular formula is C12H15N. The molecule has 0 saturated carbocycles. The quantitative estimate of drug-likeness (QED) is 0.626. The molecule has 1 aromatic rings. The van der Waals surface area contributed by atoms with E-state index in [-0.39, 0.29) is 0 Å². The van der Waals surface area contributed by atoms with Crippen LogP contribution >= 0.6 is 0 Å². The normalized spacial score (nSPS) is 11.5. The molecule has 0 aliphatic heterocycles. The zero-order chi connectivity index (χ0) is 9.52. The maximum Gasteiger partial charge on any atom is 0.0270 e. The van der Waals surface area contributed by atoms with Crippen molar-refractivity contribution in [3.05, 3.63) is 30.1 Å². The summed E-state index contributed by atoms with van der Waals surface area (Å²) in [6.45, 7) is 4.27. The molecule has 68 valence electrons. The van der Waals surface area contributed by atoms with Crippen LogP contribution in [-0.2, 0) is 0 Å². The average molecular weight is 173 g/mol. The molecule has 1 unspecified atom stereocenters. The second-order valence-electron chi connectivity index (χ2n) is 3.09. The minimum Gasteiger partial charge on any atom is -0.265 e. The van der Waals surface area contributed by atoms with Gasteiger partial charge >= 0.3 is 0 Å². The van der Waals surface area contributed by atoms with Crippen LogP contribution < -0.4 is 0 Å². The van der Waals surface area contributed by atoms with Crippen molar-refractivity contribution in [1.82, 2.24) is 4.98 Å². The molecule has 1 aromatic heterocycles. The fourth-order valence-electron chi connectivity index (χ4n) is 1.16. The lowest BCUT2D eigenvalue weighted by molar-refractivity contribution is 0.793. The van der Waals surface area contributed by atoms with Crippen molar-refractivity contribution in [2.24, 2.45) is 0 Å². The van der Waals surface area contributed by atoms with E-state index in [1.165, 1.54) is 5.56 Å². The molecule has 0 spiro atoms. The Labute approximate surface area is 80.2 Å². The summed E-state index contributed by atoms with van der Waals surface area (Å²) in [7, 11) is 0. The van der Waals surface area contributed by atoms with Crippen LogP contribution in [0.5, 0.6) is 0 Å². The van der Waals surface area contributed by atoms with Gasteiger partial charge in [-0.05, 0) is 23.6 Å². The van der Waals surface area contributed by atoms with Gasteiger partial charge in [0.25, 0.3) is 0 Å². The maximum absolute atomic E-state index is 3.99. The number of nitrogens with zero attached hydrogens (tertiary/aromatic N) is 1. The Morgan fingerprint density at radius 2 is 2.00 bits per heavy atom. The first-order chi connectivity index (χ1) is 6.34. The SMILES string of the molecule is CCC#CCC(C)c1ccncc1.